The van der Waals surface area contributed by atoms with Gasteiger partial charge in [0.15, 0.2) is 5.15 Å². The fourth-order valence-corrected chi connectivity index (χ4v) is 9.07. The molecule has 0 N–H and O–H groups in total. The van der Waals surface area contributed by atoms with Gasteiger partial charge in [-0.25, -0.2) is 4.98 Å². The lowest BCUT2D eigenvalue weighted by atomic mass is 9.49. The van der Waals surface area contributed by atoms with Crippen LogP contribution in [0.2, 0.25) is 5.15 Å². The monoisotopic (exact) mass is 437 g/mol. The summed E-state index contributed by atoms with van der Waals surface area (Å²) in [6.45, 7) is 0. The molecule has 4 nitrogen and oxygen atoms in total. The molecular weight excluding hydrogens is 406 g/mol. The number of hydrogen-bond donors (Lipinski definition) is 0. The van der Waals surface area contributed by atoms with E-state index in [-0.39, 0.29) is 16.8 Å². The van der Waals surface area contributed by atoms with Gasteiger partial charge in [0.25, 0.3) is 5.56 Å². The molecule has 1 aliphatic heterocycles. The summed E-state index contributed by atoms with van der Waals surface area (Å²) in [5.41, 5.74) is 2.00. The minimum absolute atomic E-state index is 0.0917. The van der Waals surface area contributed by atoms with E-state index in [4.69, 9.17) is 11.6 Å². The van der Waals surface area contributed by atoms with Crippen LogP contribution >= 0.6 is 11.6 Å². The van der Waals surface area contributed by atoms with Gasteiger partial charge in [0.1, 0.15) is 0 Å². The Kier molecular flexibility index (Phi) is 4.20. The Labute approximate surface area is 189 Å². The van der Waals surface area contributed by atoms with Gasteiger partial charge in [0.05, 0.1) is 11.0 Å². The van der Waals surface area contributed by atoms with Gasteiger partial charge in [-0.1, -0.05) is 55.8 Å². The molecule has 164 valence electrons. The lowest BCUT2D eigenvalue weighted by Gasteiger charge is -2.74. The molecule has 4 saturated carbocycles. The van der Waals surface area contributed by atoms with Crippen molar-refractivity contribution >= 4 is 22.6 Å². The molecule has 31 heavy (non-hydrogen) atoms. The summed E-state index contributed by atoms with van der Waals surface area (Å²) in [6.07, 6.45) is 15.1. The van der Waals surface area contributed by atoms with Gasteiger partial charge in [-0.2, -0.15) is 0 Å². The van der Waals surface area contributed by atoms with Crippen LogP contribution in [0.3, 0.4) is 0 Å². The van der Waals surface area contributed by atoms with Crippen molar-refractivity contribution in [3.63, 3.8) is 0 Å². The molecule has 7 rings (SSSR count). The van der Waals surface area contributed by atoms with Crippen LogP contribution in [-0.2, 0) is 0 Å². The maximum Gasteiger partial charge on any atom is 0.289 e. The Morgan fingerprint density at radius 2 is 1.68 bits per heavy atom. The summed E-state index contributed by atoms with van der Waals surface area (Å²) in [5, 5.41) is 0.126. The van der Waals surface area contributed by atoms with Crippen molar-refractivity contribution in [1.82, 2.24) is 14.5 Å². The summed E-state index contributed by atoms with van der Waals surface area (Å²) < 4.78 is 2.04. The van der Waals surface area contributed by atoms with Gasteiger partial charge < -0.3 is 4.57 Å². The zero-order valence-electron chi connectivity index (χ0n) is 18.2. The van der Waals surface area contributed by atoms with Crippen LogP contribution in [0.5, 0.6) is 0 Å². The molecule has 0 radical (unpaired) electrons. The average Bonchev–Trinajstić information content (AvgIpc) is 3.11. The van der Waals surface area contributed by atoms with Crippen molar-refractivity contribution < 1.29 is 0 Å². The molecule has 2 aromatic rings. The number of benzene rings is 1. The first-order chi connectivity index (χ1) is 15.2. The summed E-state index contributed by atoms with van der Waals surface area (Å²) in [6, 6.07) is 10.4. The van der Waals surface area contributed by atoms with E-state index in [1.807, 2.05) is 22.8 Å². The van der Waals surface area contributed by atoms with E-state index in [1.54, 1.807) is 0 Å². The molecule has 5 fully saturated rings. The Balaban J connectivity index is 1.24. The third-order valence-electron chi connectivity index (χ3n) is 9.96. The highest BCUT2D eigenvalue weighted by atomic mass is 35.5. The summed E-state index contributed by atoms with van der Waals surface area (Å²) in [5.74, 6) is 1.92. The van der Waals surface area contributed by atoms with Crippen LogP contribution in [0, 0.1) is 17.3 Å². The van der Waals surface area contributed by atoms with Crippen molar-refractivity contribution in [1.29, 1.82) is 0 Å². The fraction of sp³-hybridized carbons (Fsp3) is 0.692. The largest absolute Gasteiger partial charge is 0.300 e. The molecule has 5 aliphatic rings. The van der Waals surface area contributed by atoms with Gasteiger partial charge in [-0.3, -0.25) is 9.69 Å². The molecule has 1 spiro atoms. The lowest BCUT2D eigenvalue weighted by molar-refractivity contribution is -0.245. The van der Waals surface area contributed by atoms with Gasteiger partial charge in [0, 0.05) is 29.6 Å². The molecule has 6 unspecified atom stereocenters. The quantitative estimate of drug-likeness (QED) is 0.615. The van der Waals surface area contributed by atoms with E-state index >= 15 is 0 Å². The van der Waals surface area contributed by atoms with Crippen LogP contribution in [0.1, 0.15) is 76.7 Å². The number of aromatic nitrogens is 2. The van der Waals surface area contributed by atoms with Crippen molar-refractivity contribution in [3.05, 3.63) is 39.8 Å². The Hall–Kier alpha value is -1.39. The van der Waals surface area contributed by atoms with E-state index < -0.39 is 0 Å². The highest BCUT2D eigenvalue weighted by molar-refractivity contribution is 6.29. The maximum atomic E-state index is 13.2. The standard InChI is InChI=1S/C26H32ClN3O/c27-24-25(31)30(20-9-4-3-8-19(20)28-24)23-15-22-26(23)11-5-10-21(26)29(22)18-13-16-6-1-2-7-17(12-16)14-18/h3-4,8-9,16-18,21-23H,1-2,5-7,10-15H2. The maximum absolute atomic E-state index is 13.2. The second kappa shape index (κ2) is 6.81. The highest BCUT2D eigenvalue weighted by Crippen LogP contribution is 2.71. The van der Waals surface area contributed by atoms with Crippen molar-refractivity contribution in [2.75, 3.05) is 0 Å². The minimum atomic E-state index is -0.0917. The number of rotatable bonds is 2. The summed E-state index contributed by atoms with van der Waals surface area (Å²) in [4.78, 5) is 20.5. The topological polar surface area (TPSA) is 38.1 Å². The molecule has 1 saturated heterocycles. The van der Waals surface area contributed by atoms with E-state index in [0.29, 0.717) is 17.5 Å². The molecule has 6 atom stereocenters. The van der Waals surface area contributed by atoms with Crippen molar-refractivity contribution in [2.45, 2.75) is 94.8 Å². The highest BCUT2D eigenvalue weighted by Gasteiger charge is 2.74. The zero-order valence-corrected chi connectivity index (χ0v) is 18.9. The van der Waals surface area contributed by atoms with Crippen LogP contribution in [0.4, 0.5) is 0 Å². The molecule has 5 heteroatoms. The molecule has 0 amide bonds. The minimum Gasteiger partial charge on any atom is -0.300 e. The molecule has 4 aliphatic carbocycles. The Morgan fingerprint density at radius 1 is 0.903 bits per heavy atom. The Bertz CT molecular complexity index is 1080. The number of fused-ring (bicyclic) bond motifs is 3. The van der Waals surface area contributed by atoms with Gasteiger partial charge in [-0.05, 0) is 62.5 Å². The number of halogens is 1. The van der Waals surface area contributed by atoms with Crippen LogP contribution in [0.25, 0.3) is 11.0 Å². The predicted octanol–water partition coefficient (Wildman–Crippen LogP) is 5.58. The second-order valence-electron chi connectivity index (χ2n) is 11.2. The molecule has 2 heterocycles. The molecule has 1 aromatic carbocycles. The summed E-state index contributed by atoms with van der Waals surface area (Å²) >= 11 is 6.33. The number of hydrogen-bond acceptors (Lipinski definition) is 3. The third kappa shape index (κ3) is 2.52. The second-order valence-corrected chi connectivity index (χ2v) is 11.5. The average molecular weight is 438 g/mol. The molecule has 2 bridgehead atoms. The lowest BCUT2D eigenvalue weighted by Crippen LogP contribution is -2.81. The number of piperidine rings is 1. The van der Waals surface area contributed by atoms with E-state index in [2.05, 4.69) is 16.0 Å². The first kappa shape index (κ1) is 19.1. The van der Waals surface area contributed by atoms with Crippen LogP contribution in [-0.4, -0.2) is 32.6 Å². The molecule has 1 aromatic heterocycles. The SMILES string of the molecule is O=c1c(Cl)nc2ccccc2n1C1CC2N(C3CC4CCCCC(C4)C3)C3CCCC321. The van der Waals surface area contributed by atoms with Crippen molar-refractivity contribution in [3.8, 4) is 0 Å². The van der Waals surface area contributed by atoms with Crippen molar-refractivity contribution in [2.24, 2.45) is 17.3 Å². The fourth-order valence-electron chi connectivity index (χ4n) is 8.89. The van der Waals surface area contributed by atoms with Gasteiger partial charge >= 0.3 is 0 Å². The van der Waals surface area contributed by atoms with E-state index in [9.17, 15) is 4.79 Å². The number of likely N-dealkylation sites (tertiary alicyclic amines) is 1. The third-order valence-corrected chi connectivity index (χ3v) is 10.2. The summed E-state index contributed by atoms with van der Waals surface area (Å²) in [7, 11) is 0. The predicted molar refractivity (Wildman–Crippen MR) is 123 cm³/mol. The van der Waals surface area contributed by atoms with Crippen LogP contribution in [0.15, 0.2) is 29.1 Å². The Morgan fingerprint density at radius 3 is 2.48 bits per heavy atom. The zero-order chi connectivity index (χ0) is 20.7. The van der Waals surface area contributed by atoms with Crippen LogP contribution < -0.4 is 5.56 Å². The normalized spacial score (nSPS) is 41.7. The van der Waals surface area contributed by atoms with Gasteiger partial charge in [0.2, 0.25) is 0 Å². The first-order valence-electron chi connectivity index (χ1n) is 12.6. The van der Waals surface area contributed by atoms with E-state index in [0.717, 1.165) is 35.3 Å². The smallest absolute Gasteiger partial charge is 0.289 e. The molecular formula is C26H32ClN3O. The first-order valence-corrected chi connectivity index (χ1v) is 13.0. The van der Waals surface area contributed by atoms with E-state index in [1.165, 1.54) is 64.2 Å². The van der Waals surface area contributed by atoms with Gasteiger partial charge in [-0.15, -0.1) is 0 Å². The number of para-hydroxylation sites is 2. The number of nitrogens with zero attached hydrogens (tertiary/aromatic N) is 3.